The lowest BCUT2D eigenvalue weighted by Gasteiger charge is -2.15. The Morgan fingerprint density at radius 2 is 1.86 bits per heavy atom. The average molecular weight is 381 g/mol. The molecule has 0 saturated heterocycles. The third kappa shape index (κ3) is 3.75. The Hall–Kier alpha value is -1.66. The molecule has 0 aliphatic rings. The predicted molar refractivity (Wildman–Crippen MR) is 93.7 cm³/mol. The highest BCUT2D eigenvalue weighted by Crippen LogP contribution is 2.37. The zero-order valence-corrected chi connectivity index (χ0v) is 15.0. The lowest BCUT2D eigenvalue weighted by atomic mass is 10.2. The molecule has 4 nitrogen and oxygen atoms in total. The number of methoxy groups -OCH3 is 1. The van der Waals surface area contributed by atoms with E-state index in [-0.39, 0.29) is 5.91 Å². The van der Waals surface area contributed by atoms with Crippen LogP contribution in [0.2, 0.25) is 0 Å². The SMILES string of the molecule is COc1ccc(Sc2ccc(Br)cc2N)c(C(=O)N(C)C)c1. The molecule has 0 aliphatic heterocycles. The molecule has 2 N–H and O–H groups in total. The number of ether oxygens (including phenoxy) is 1. The zero-order valence-electron chi connectivity index (χ0n) is 12.6. The fourth-order valence-electron chi connectivity index (χ4n) is 1.86. The van der Waals surface area contributed by atoms with Gasteiger partial charge < -0.3 is 15.4 Å². The van der Waals surface area contributed by atoms with Gasteiger partial charge in [-0.3, -0.25) is 4.79 Å². The number of hydrogen-bond acceptors (Lipinski definition) is 4. The summed E-state index contributed by atoms with van der Waals surface area (Å²) in [6.07, 6.45) is 0. The Kier molecular flexibility index (Phi) is 5.37. The van der Waals surface area contributed by atoms with Gasteiger partial charge in [0.25, 0.3) is 5.91 Å². The van der Waals surface area contributed by atoms with Gasteiger partial charge in [0.15, 0.2) is 0 Å². The van der Waals surface area contributed by atoms with Crippen molar-refractivity contribution in [3.8, 4) is 5.75 Å². The monoisotopic (exact) mass is 380 g/mol. The van der Waals surface area contributed by atoms with Gasteiger partial charge in [-0.15, -0.1) is 0 Å². The number of nitrogens with zero attached hydrogens (tertiary/aromatic N) is 1. The van der Waals surface area contributed by atoms with Gasteiger partial charge in [0, 0.05) is 34.0 Å². The number of nitrogen functional groups attached to an aromatic ring is 1. The Balaban J connectivity index is 2.43. The molecule has 22 heavy (non-hydrogen) atoms. The van der Waals surface area contributed by atoms with Crippen molar-refractivity contribution in [3.63, 3.8) is 0 Å². The number of carbonyl (C=O) groups is 1. The Morgan fingerprint density at radius 1 is 1.18 bits per heavy atom. The summed E-state index contributed by atoms with van der Waals surface area (Å²) in [6, 6.07) is 11.2. The van der Waals surface area contributed by atoms with Gasteiger partial charge in [0.2, 0.25) is 0 Å². The number of halogens is 1. The first-order chi connectivity index (χ1) is 10.4. The molecule has 0 aliphatic carbocycles. The van der Waals surface area contributed by atoms with Crippen molar-refractivity contribution in [1.82, 2.24) is 4.90 Å². The molecule has 1 amide bonds. The van der Waals surface area contributed by atoms with Crippen LogP contribution < -0.4 is 10.5 Å². The molecule has 0 heterocycles. The Bertz CT molecular complexity index is 705. The molecule has 0 spiro atoms. The first-order valence-corrected chi connectivity index (χ1v) is 8.16. The quantitative estimate of drug-likeness (QED) is 0.817. The number of rotatable bonds is 4. The van der Waals surface area contributed by atoms with E-state index in [0.29, 0.717) is 17.0 Å². The molecular formula is C16H17BrN2O2S. The van der Waals surface area contributed by atoms with Crippen LogP contribution in [0.3, 0.4) is 0 Å². The van der Waals surface area contributed by atoms with Gasteiger partial charge >= 0.3 is 0 Å². The number of nitrogens with two attached hydrogens (primary N) is 1. The zero-order chi connectivity index (χ0) is 16.3. The molecular weight excluding hydrogens is 364 g/mol. The first-order valence-electron chi connectivity index (χ1n) is 6.55. The van der Waals surface area contributed by atoms with E-state index < -0.39 is 0 Å². The summed E-state index contributed by atoms with van der Waals surface area (Å²) in [7, 11) is 5.03. The summed E-state index contributed by atoms with van der Waals surface area (Å²) in [4.78, 5) is 15.7. The largest absolute Gasteiger partial charge is 0.497 e. The van der Waals surface area contributed by atoms with Gasteiger partial charge in [-0.2, -0.15) is 0 Å². The van der Waals surface area contributed by atoms with Crippen LogP contribution in [0.25, 0.3) is 0 Å². The molecule has 0 unspecified atom stereocenters. The van der Waals surface area contributed by atoms with E-state index in [0.717, 1.165) is 14.3 Å². The maximum atomic E-state index is 12.4. The van der Waals surface area contributed by atoms with Crippen LogP contribution >= 0.6 is 27.7 Å². The third-order valence-corrected chi connectivity index (χ3v) is 4.68. The molecule has 2 aromatic carbocycles. The highest BCUT2D eigenvalue weighted by atomic mass is 79.9. The van der Waals surface area contributed by atoms with Gasteiger partial charge in [-0.1, -0.05) is 27.7 Å². The van der Waals surface area contributed by atoms with E-state index in [1.807, 2.05) is 30.3 Å². The van der Waals surface area contributed by atoms with E-state index in [2.05, 4.69) is 15.9 Å². The molecule has 6 heteroatoms. The molecule has 116 valence electrons. The van der Waals surface area contributed by atoms with E-state index in [4.69, 9.17) is 10.5 Å². The summed E-state index contributed by atoms with van der Waals surface area (Å²) in [5.74, 6) is 0.579. The van der Waals surface area contributed by atoms with Crippen molar-refractivity contribution in [2.75, 3.05) is 26.9 Å². The maximum absolute atomic E-state index is 12.4. The first kappa shape index (κ1) is 16.7. The van der Waals surface area contributed by atoms with Crippen LogP contribution in [-0.4, -0.2) is 32.0 Å². The number of hydrogen-bond donors (Lipinski definition) is 1. The number of amides is 1. The molecule has 0 atom stereocenters. The van der Waals surface area contributed by atoms with Crippen molar-refractivity contribution < 1.29 is 9.53 Å². The lowest BCUT2D eigenvalue weighted by Crippen LogP contribution is -2.22. The van der Waals surface area contributed by atoms with E-state index >= 15 is 0 Å². The van der Waals surface area contributed by atoms with Crippen molar-refractivity contribution >= 4 is 39.3 Å². The van der Waals surface area contributed by atoms with Crippen molar-refractivity contribution in [3.05, 3.63) is 46.4 Å². The second kappa shape index (κ2) is 7.07. The highest BCUT2D eigenvalue weighted by molar-refractivity contribution is 9.10. The van der Waals surface area contributed by atoms with Crippen LogP contribution in [0.5, 0.6) is 5.75 Å². The van der Waals surface area contributed by atoms with E-state index in [9.17, 15) is 4.79 Å². The number of benzene rings is 2. The van der Waals surface area contributed by atoms with Gasteiger partial charge in [-0.25, -0.2) is 0 Å². The minimum absolute atomic E-state index is 0.0721. The van der Waals surface area contributed by atoms with Crippen LogP contribution in [0, 0.1) is 0 Å². The normalized spacial score (nSPS) is 10.4. The van der Waals surface area contributed by atoms with Crippen molar-refractivity contribution in [2.24, 2.45) is 0 Å². The third-order valence-electron chi connectivity index (χ3n) is 3.02. The molecule has 0 bridgehead atoms. The minimum atomic E-state index is -0.0721. The molecule has 0 fully saturated rings. The smallest absolute Gasteiger partial charge is 0.254 e. The fourth-order valence-corrected chi connectivity index (χ4v) is 3.18. The summed E-state index contributed by atoms with van der Waals surface area (Å²) >= 11 is 4.86. The predicted octanol–water partition coefficient (Wildman–Crippen LogP) is 3.89. The number of carbonyl (C=O) groups excluding carboxylic acids is 1. The maximum Gasteiger partial charge on any atom is 0.254 e. The molecule has 2 aromatic rings. The van der Waals surface area contributed by atoms with E-state index in [1.54, 1.807) is 32.2 Å². The molecule has 0 aromatic heterocycles. The fraction of sp³-hybridized carbons (Fsp3) is 0.188. The second-order valence-corrected chi connectivity index (χ2v) is 6.85. The number of anilines is 1. The molecule has 0 saturated carbocycles. The molecule has 2 rings (SSSR count). The second-order valence-electron chi connectivity index (χ2n) is 4.85. The van der Waals surface area contributed by atoms with Gasteiger partial charge in [0.1, 0.15) is 5.75 Å². The average Bonchev–Trinajstić information content (AvgIpc) is 2.49. The Labute approximate surface area is 142 Å². The highest BCUT2D eigenvalue weighted by Gasteiger charge is 2.16. The van der Waals surface area contributed by atoms with Crippen LogP contribution in [0.15, 0.2) is 50.7 Å². The van der Waals surface area contributed by atoms with Gasteiger partial charge in [0.05, 0.1) is 12.7 Å². The van der Waals surface area contributed by atoms with Crippen LogP contribution in [0.1, 0.15) is 10.4 Å². The summed E-state index contributed by atoms with van der Waals surface area (Å²) in [5, 5.41) is 0. The van der Waals surface area contributed by atoms with Crippen LogP contribution in [0.4, 0.5) is 5.69 Å². The summed E-state index contributed by atoms with van der Waals surface area (Å²) < 4.78 is 6.14. The summed E-state index contributed by atoms with van der Waals surface area (Å²) in [6.45, 7) is 0. The lowest BCUT2D eigenvalue weighted by molar-refractivity contribution is 0.0824. The minimum Gasteiger partial charge on any atom is -0.497 e. The summed E-state index contributed by atoms with van der Waals surface area (Å²) in [5.41, 5.74) is 7.30. The van der Waals surface area contributed by atoms with Crippen molar-refractivity contribution in [1.29, 1.82) is 0 Å². The van der Waals surface area contributed by atoms with Gasteiger partial charge in [-0.05, 0) is 36.4 Å². The van der Waals surface area contributed by atoms with Crippen LogP contribution in [-0.2, 0) is 0 Å². The van der Waals surface area contributed by atoms with Crippen molar-refractivity contribution in [2.45, 2.75) is 9.79 Å². The van der Waals surface area contributed by atoms with E-state index in [1.165, 1.54) is 11.8 Å². The standard InChI is InChI=1S/C16H17BrN2O2S/c1-19(2)16(20)12-9-11(21-3)5-7-14(12)22-15-6-4-10(17)8-13(15)18/h4-9H,18H2,1-3H3. The Morgan fingerprint density at radius 3 is 2.45 bits per heavy atom. The molecule has 0 radical (unpaired) electrons. The topological polar surface area (TPSA) is 55.6 Å².